The van der Waals surface area contributed by atoms with Crippen LogP contribution in [0, 0.1) is 11.8 Å². The van der Waals surface area contributed by atoms with E-state index in [1.807, 2.05) is 49.5 Å². The fourth-order valence-electron chi connectivity index (χ4n) is 4.93. The molecule has 1 aromatic carbocycles. The van der Waals surface area contributed by atoms with E-state index in [9.17, 15) is 4.79 Å². The first-order valence-corrected chi connectivity index (χ1v) is 15.7. The fraction of sp³-hybridized carbons (Fsp3) is 0.400. The van der Waals surface area contributed by atoms with E-state index >= 15 is 0 Å². The number of nitrogens with one attached hydrogen (secondary N) is 2. The van der Waals surface area contributed by atoms with Gasteiger partial charge in [0, 0.05) is 62.2 Å². The van der Waals surface area contributed by atoms with Crippen molar-refractivity contribution in [2.24, 2.45) is 26.8 Å². The van der Waals surface area contributed by atoms with Crippen molar-refractivity contribution in [3.8, 4) is 0 Å². The zero-order valence-corrected chi connectivity index (χ0v) is 27.2. The summed E-state index contributed by atoms with van der Waals surface area (Å²) in [7, 11) is 1.66. The molecular weight excluding hydrogens is 564 g/mol. The van der Waals surface area contributed by atoms with E-state index in [0.717, 1.165) is 68.5 Å². The first-order chi connectivity index (χ1) is 21.8. The molecule has 45 heavy (non-hydrogen) atoms. The highest BCUT2D eigenvalue weighted by atomic mass is 16.5. The largest absolute Gasteiger partial charge is 0.493 e. The van der Waals surface area contributed by atoms with Gasteiger partial charge in [-0.3, -0.25) is 9.79 Å². The summed E-state index contributed by atoms with van der Waals surface area (Å²) in [6.07, 6.45) is 9.99. The predicted octanol–water partition coefficient (Wildman–Crippen LogP) is 6.57. The summed E-state index contributed by atoms with van der Waals surface area (Å²) in [4.78, 5) is 36.2. The lowest BCUT2D eigenvalue weighted by molar-refractivity contribution is 0.102. The average molecular weight is 611 g/mol. The summed E-state index contributed by atoms with van der Waals surface area (Å²) >= 11 is 0. The van der Waals surface area contributed by atoms with E-state index in [0.29, 0.717) is 28.9 Å². The number of hydrogen-bond donors (Lipinski definition) is 2. The van der Waals surface area contributed by atoms with Gasteiger partial charge in [0.15, 0.2) is 11.6 Å². The quantitative estimate of drug-likeness (QED) is 0.189. The number of aliphatic imine (C=N–C) groups is 3. The van der Waals surface area contributed by atoms with Gasteiger partial charge in [-0.2, -0.15) is 0 Å². The molecular formula is C35H46N8O2. The lowest BCUT2D eigenvalue weighted by Crippen LogP contribution is -2.48. The van der Waals surface area contributed by atoms with Crippen molar-refractivity contribution in [1.82, 2.24) is 14.8 Å². The van der Waals surface area contributed by atoms with E-state index in [4.69, 9.17) is 14.7 Å². The number of amidine groups is 2. The Balaban J connectivity index is 1.41. The molecule has 1 fully saturated rings. The topological polar surface area (TPSA) is 107 Å². The van der Waals surface area contributed by atoms with Crippen molar-refractivity contribution in [3.63, 3.8) is 0 Å². The maximum atomic E-state index is 12.8. The number of allylic oxidation sites excluding steroid dienone is 1. The number of methoxy groups -OCH3 is 1. The zero-order chi connectivity index (χ0) is 32.2. The van der Waals surface area contributed by atoms with Crippen molar-refractivity contribution in [2.75, 3.05) is 43.9 Å². The number of aromatic nitrogens is 1. The van der Waals surface area contributed by atoms with Crippen LogP contribution in [-0.4, -0.2) is 71.9 Å². The van der Waals surface area contributed by atoms with Crippen LogP contribution in [0.25, 0.3) is 0 Å². The van der Waals surface area contributed by atoms with Crippen LogP contribution in [0.15, 0.2) is 99.8 Å². The number of para-hydroxylation sites is 1. The maximum absolute atomic E-state index is 12.8. The minimum absolute atomic E-state index is 0.125. The van der Waals surface area contributed by atoms with Crippen LogP contribution in [-0.2, 0) is 4.74 Å². The molecule has 10 heteroatoms. The third-order valence-electron chi connectivity index (χ3n) is 8.02. The van der Waals surface area contributed by atoms with Crippen LogP contribution in [0.2, 0.25) is 0 Å². The van der Waals surface area contributed by atoms with Crippen molar-refractivity contribution >= 4 is 35.3 Å². The number of rotatable bonds is 9. The number of hydrogen-bond acceptors (Lipinski definition) is 9. The molecule has 3 heterocycles. The van der Waals surface area contributed by atoms with Crippen LogP contribution in [0.3, 0.4) is 0 Å². The summed E-state index contributed by atoms with van der Waals surface area (Å²) in [5, 5.41) is 6.29. The Kier molecular flexibility index (Phi) is 12.1. The van der Waals surface area contributed by atoms with E-state index < -0.39 is 0 Å². The smallest absolute Gasteiger partial charge is 0.255 e. The Morgan fingerprint density at radius 1 is 1.18 bits per heavy atom. The second-order valence-electron chi connectivity index (χ2n) is 11.3. The highest BCUT2D eigenvalue weighted by Crippen LogP contribution is 2.22. The minimum Gasteiger partial charge on any atom is -0.493 e. The number of carbonyl (C=O) groups excluding carboxylic acids is 1. The predicted molar refractivity (Wildman–Crippen MR) is 185 cm³/mol. The normalized spacial score (nSPS) is 19.4. The first-order valence-electron chi connectivity index (χ1n) is 15.7. The van der Waals surface area contributed by atoms with Gasteiger partial charge in [0.05, 0.1) is 19.0 Å². The molecule has 1 aromatic heterocycles. The van der Waals surface area contributed by atoms with Crippen molar-refractivity contribution in [1.29, 1.82) is 0 Å². The second-order valence-corrected chi connectivity index (χ2v) is 11.3. The number of benzene rings is 1. The van der Waals surface area contributed by atoms with Gasteiger partial charge in [0.2, 0.25) is 0 Å². The van der Waals surface area contributed by atoms with Crippen LogP contribution in [0.1, 0.15) is 57.3 Å². The second kappa shape index (κ2) is 16.4. The lowest BCUT2D eigenvalue weighted by Gasteiger charge is -2.39. The lowest BCUT2D eigenvalue weighted by atomic mass is 10.0. The van der Waals surface area contributed by atoms with Gasteiger partial charge >= 0.3 is 0 Å². The third kappa shape index (κ3) is 9.38. The van der Waals surface area contributed by atoms with E-state index in [1.54, 1.807) is 31.6 Å². The van der Waals surface area contributed by atoms with Crippen molar-refractivity contribution in [3.05, 3.63) is 90.4 Å². The molecule has 238 valence electrons. The summed E-state index contributed by atoms with van der Waals surface area (Å²) < 4.78 is 5.61. The van der Waals surface area contributed by atoms with Crippen molar-refractivity contribution < 1.29 is 9.53 Å². The Morgan fingerprint density at radius 3 is 2.62 bits per heavy atom. The minimum atomic E-state index is -0.198. The molecule has 0 aliphatic carbocycles. The first kappa shape index (κ1) is 33.2. The van der Waals surface area contributed by atoms with Crippen LogP contribution in [0.5, 0.6) is 0 Å². The molecule has 2 N–H and O–H groups in total. The molecule has 2 aromatic rings. The highest BCUT2D eigenvalue weighted by Gasteiger charge is 2.25. The molecule has 10 nitrogen and oxygen atoms in total. The molecule has 0 radical (unpaired) electrons. The van der Waals surface area contributed by atoms with E-state index in [2.05, 4.69) is 57.8 Å². The third-order valence-corrected chi connectivity index (χ3v) is 8.02. The maximum Gasteiger partial charge on any atom is 0.255 e. The fourth-order valence-corrected chi connectivity index (χ4v) is 4.93. The monoisotopic (exact) mass is 610 g/mol. The molecule has 0 bridgehead atoms. The Hall–Kier alpha value is -4.73. The summed E-state index contributed by atoms with van der Waals surface area (Å²) in [6, 6.07) is 12.8. The number of piperazine rings is 1. The van der Waals surface area contributed by atoms with Gasteiger partial charge in [-0.05, 0) is 56.0 Å². The molecule has 0 spiro atoms. The average Bonchev–Trinajstić information content (AvgIpc) is 3.07. The van der Waals surface area contributed by atoms with Gasteiger partial charge in [-0.1, -0.05) is 45.5 Å². The molecule has 4 rings (SSSR count). The number of anilines is 2. The summed E-state index contributed by atoms with van der Waals surface area (Å²) in [5.74, 6) is 4.05. The summed E-state index contributed by atoms with van der Waals surface area (Å²) in [6.45, 7) is 15.9. The molecule has 2 unspecified atom stereocenters. The number of ether oxygens (including phenoxy) is 1. The molecule has 1 amide bonds. The van der Waals surface area contributed by atoms with Crippen LogP contribution >= 0.6 is 0 Å². The van der Waals surface area contributed by atoms with Crippen molar-refractivity contribution in [2.45, 2.75) is 47.0 Å². The molecule has 2 aliphatic rings. The SMILES string of the molecule is C=C(/C(=C\N=CC(C)CC)OC)N1CCN(C2=N/C(=C\C)N=C(Nc3cc(C(=O)Nc4ccccc4)ccn3)C(C)CC2)CC1. The Labute approximate surface area is 267 Å². The highest BCUT2D eigenvalue weighted by molar-refractivity contribution is 6.05. The number of pyridine rings is 1. The zero-order valence-electron chi connectivity index (χ0n) is 27.2. The molecule has 1 saturated heterocycles. The standard InChI is InChI=1S/C35H46N8O2/c1-7-25(3)23-36-24-30(45-6)27(5)42-18-20-43(21-19-42)33-15-14-26(4)34(40-31(8-2)39-33)41-32-22-28(16-17-37-32)35(44)38-29-12-10-9-11-13-29/h8-13,16-17,22-26H,5,7,14-15,18-21H2,1-4,6H3,(H,38,44)(H,37,40,41)/b30-24+,31-8+,36-23?,39-33?. The van der Waals surface area contributed by atoms with Gasteiger partial charge < -0.3 is 25.2 Å². The molecule has 2 atom stereocenters. The Bertz CT molecular complexity index is 1470. The van der Waals surface area contributed by atoms with Gasteiger partial charge in [0.25, 0.3) is 5.91 Å². The van der Waals surface area contributed by atoms with Crippen LogP contribution < -0.4 is 10.6 Å². The van der Waals surface area contributed by atoms with Gasteiger partial charge in [0.1, 0.15) is 17.5 Å². The Morgan fingerprint density at radius 2 is 1.93 bits per heavy atom. The summed E-state index contributed by atoms with van der Waals surface area (Å²) in [5.41, 5.74) is 2.09. The van der Waals surface area contributed by atoms with E-state index in [-0.39, 0.29) is 11.8 Å². The molecule has 0 saturated carbocycles. The van der Waals surface area contributed by atoms with Crippen LogP contribution in [0.4, 0.5) is 11.5 Å². The van der Waals surface area contributed by atoms with Gasteiger partial charge in [-0.25, -0.2) is 15.0 Å². The van der Waals surface area contributed by atoms with Gasteiger partial charge in [-0.15, -0.1) is 0 Å². The number of nitrogens with zero attached hydrogens (tertiary/aromatic N) is 6. The number of amides is 1. The number of carbonyl (C=O) groups is 1. The van der Waals surface area contributed by atoms with E-state index in [1.165, 1.54) is 0 Å². The molecule has 2 aliphatic heterocycles.